The zero-order valence-electron chi connectivity index (χ0n) is 4.20. The molecule has 0 fully saturated rings. The summed E-state index contributed by atoms with van der Waals surface area (Å²) in [6.45, 7) is 0. The van der Waals surface area contributed by atoms with Crippen molar-refractivity contribution in [2.45, 2.75) is 0 Å². The number of carbonyl (C=O) groups is 1. The highest BCUT2D eigenvalue weighted by atomic mass is 16.9. The summed E-state index contributed by atoms with van der Waals surface area (Å²) in [6, 6.07) is -0.871. The van der Waals surface area contributed by atoms with Gasteiger partial charge in [-0.3, -0.25) is 0 Å². The summed E-state index contributed by atoms with van der Waals surface area (Å²) in [7, 11) is 1.17. The van der Waals surface area contributed by atoms with E-state index in [4.69, 9.17) is 0 Å². The standard InChI is InChI=1S/C2H5N3O3/c1-5(2(3)6)8-4-7/h1H3,(H2,3,6). The van der Waals surface area contributed by atoms with Crippen molar-refractivity contribution in [3.05, 3.63) is 4.91 Å². The Morgan fingerprint density at radius 1 is 1.88 bits per heavy atom. The fraction of sp³-hybridized carbons (Fsp3) is 0.500. The number of rotatable bonds is 2. The van der Waals surface area contributed by atoms with Crippen LogP contribution in [0.3, 0.4) is 0 Å². The first-order chi connectivity index (χ1) is 3.68. The lowest BCUT2D eigenvalue weighted by molar-refractivity contribution is -0.0967. The molecule has 0 aromatic carbocycles. The third kappa shape index (κ3) is 1.96. The summed E-state index contributed by atoms with van der Waals surface area (Å²) < 4.78 is 0. The fourth-order valence-electron chi connectivity index (χ4n) is 0.0902. The van der Waals surface area contributed by atoms with Crippen LogP contribution >= 0.6 is 0 Å². The van der Waals surface area contributed by atoms with Crippen LogP contribution in [0.25, 0.3) is 0 Å². The minimum Gasteiger partial charge on any atom is -0.349 e. The Bertz CT molecular complexity index is 103. The molecule has 0 aliphatic heterocycles. The van der Waals surface area contributed by atoms with Crippen LogP contribution in [-0.2, 0) is 4.94 Å². The first-order valence-corrected chi connectivity index (χ1v) is 1.71. The number of nitrogens with zero attached hydrogens (tertiary/aromatic N) is 2. The predicted octanol–water partition coefficient (Wildman–Crippen LogP) is -0.390. The molecule has 6 heteroatoms. The lowest BCUT2D eigenvalue weighted by Crippen LogP contribution is -2.30. The molecule has 6 nitrogen and oxygen atoms in total. The van der Waals surface area contributed by atoms with Gasteiger partial charge >= 0.3 is 6.03 Å². The zero-order valence-corrected chi connectivity index (χ0v) is 4.20. The molecule has 46 valence electrons. The minimum absolute atomic E-state index is 0.507. The molecule has 0 aliphatic rings. The van der Waals surface area contributed by atoms with Gasteiger partial charge in [0, 0.05) is 0 Å². The van der Waals surface area contributed by atoms with Gasteiger partial charge in [0.1, 0.15) is 0 Å². The second-order valence-electron chi connectivity index (χ2n) is 0.992. The maximum atomic E-state index is 9.91. The maximum absolute atomic E-state index is 9.91. The smallest absolute Gasteiger partial charge is 0.349 e. The third-order valence-electron chi connectivity index (χ3n) is 0.466. The first-order valence-electron chi connectivity index (χ1n) is 1.71. The number of carbonyl (C=O) groups excluding carboxylic acids is 1. The van der Waals surface area contributed by atoms with Crippen molar-refractivity contribution in [2.75, 3.05) is 7.05 Å². The zero-order chi connectivity index (χ0) is 6.57. The number of hydrogen-bond donors (Lipinski definition) is 1. The van der Waals surface area contributed by atoms with Gasteiger partial charge in [0.05, 0.1) is 7.05 Å². The Morgan fingerprint density at radius 3 is 2.50 bits per heavy atom. The van der Waals surface area contributed by atoms with E-state index in [1.165, 1.54) is 7.05 Å². The SMILES string of the molecule is CN(ON=O)C(N)=O. The van der Waals surface area contributed by atoms with Crippen molar-refractivity contribution in [3.8, 4) is 0 Å². The van der Waals surface area contributed by atoms with Crippen molar-refractivity contribution >= 4 is 6.03 Å². The van der Waals surface area contributed by atoms with E-state index in [0.29, 0.717) is 5.06 Å². The summed E-state index contributed by atoms with van der Waals surface area (Å²) in [5, 5.41) is 2.44. The lowest BCUT2D eigenvalue weighted by atomic mass is 11.0. The summed E-state index contributed by atoms with van der Waals surface area (Å²) in [6.07, 6.45) is 0. The maximum Gasteiger partial charge on any atom is 0.349 e. The van der Waals surface area contributed by atoms with Crippen molar-refractivity contribution in [2.24, 2.45) is 11.1 Å². The quantitative estimate of drug-likeness (QED) is 0.396. The van der Waals surface area contributed by atoms with Crippen LogP contribution in [0.4, 0.5) is 4.79 Å². The van der Waals surface area contributed by atoms with E-state index in [1.807, 2.05) is 5.34 Å². The molecule has 0 atom stereocenters. The normalized spacial score (nSPS) is 7.62. The molecule has 0 aromatic heterocycles. The van der Waals surface area contributed by atoms with Crippen LogP contribution < -0.4 is 5.73 Å². The van der Waals surface area contributed by atoms with Crippen molar-refractivity contribution in [3.63, 3.8) is 0 Å². The van der Waals surface area contributed by atoms with Crippen LogP contribution in [0.5, 0.6) is 0 Å². The van der Waals surface area contributed by atoms with Gasteiger partial charge in [-0.25, -0.2) is 9.73 Å². The second kappa shape index (κ2) is 2.78. The Kier molecular flexibility index (Phi) is 2.32. The van der Waals surface area contributed by atoms with Crippen LogP contribution in [0.15, 0.2) is 5.34 Å². The molecule has 2 amide bonds. The number of nitrogens with two attached hydrogens (primary N) is 1. The summed E-state index contributed by atoms with van der Waals surface area (Å²) in [5.41, 5.74) is 4.59. The number of amides is 2. The largest absolute Gasteiger partial charge is 0.349 e. The number of urea groups is 1. The highest BCUT2D eigenvalue weighted by molar-refractivity contribution is 5.70. The van der Waals surface area contributed by atoms with Crippen LogP contribution in [0.2, 0.25) is 0 Å². The molecule has 2 N–H and O–H groups in total. The monoisotopic (exact) mass is 119 g/mol. The summed E-state index contributed by atoms with van der Waals surface area (Å²) in [4.78, 5) is 22.8. The number of primary amides is 1. The van der Waals surface area contributed by atoms with Gasteiger partial charge in [-0.05, 0) is 0 Å². The average Bonchev–Trinajstić information content (AvgIpc) is 1.67. The van der Waals surface area contributed by atoms with Gasteiger partial charge in [-0.15, -0.1) is 9.97 Å². The van der Waals surface area contributed by atoms with Gasteiger partial charge in [-0.1, -0.05) is 0 Å². The molecule has 0 radical (unpaired) electrons. The molecule has 0 aliphatic carbocycles. The Balaban J connectivity index is 3.46. The Morgan fingerprint density at radius 2 is 2.38 bits per heavy atom. The molecule has 0 saturated carbocycles. The van der Waals surface area contributed by atoms with Gasteiger partial charge in [0.2, 0.25) is 0 Å². The van der Waals surface area contributed by atoms with Gasteiger partial charge < -0.3 is 5.73 Å². The van der Waals surface area contributed by atoms with Crippen LogP contribution in [-0.4, -0.2) is 18.1 Å². The minimum atomic E-state index is -0.871. The molecule has 0 aromatic rings. The third-order valence-corrected chi connectivity index (χ3v) is 0.466. The Labute approximate surface area is 45.1 Å². The van der Waals surface area contributed by atoms with E-state index in [2.05, 4.69) is 10.7 Å². The molecule has 0 bridgehead atoms. The molecule has 0 heterocycles. The highest BCUT2D eigenvalue weighted by Crippen LogP contribution is 1.81. The first kappa shape index (κ1) is 6.67. The summed E-state index contributed by atoms with van der Waals surface area (Å²) >= 11 is 0. The number of hydrogen-bond acceptors (Lipinski definition) is 4. The van der Waals surface area contributed by atoms with E-state index < -0.39 is 6.03 Å². The van der Waals surface area contributed by atoms with Crippen molar-refractivity contribution in [1.29, 1.82) is 0 Å². The molecule has 0 spiro atoms. The van der Waals surface area contributed by atoms with Crippen molar-refractivity contribution in [1.82, 2.24) is 5.06 Å². The molecule has 0 rings (SSSR count). The molecular formula is C2H5N3O3. The summed E-state index contributed by atoms with van der Waals surface area (Å²) in [5.74, 6) is 0. The predicted molar refractivity (Wildman–Crippen MR) is 24.2 cm³/mol. The Hall–Kier alpha value is -1.33. The second-order valence-corrected chi connectivity index (χ2v) is 0.992. The van der Waals surface area contributed by atoms with Gasteiger partial charge in [-0.2, -0.15) is 0 Å². The average molecular weight is 119 g/mol. The molecular weight excluding hydrogens is 114 g/mol. The van der Waals surface area contributed by atoms with Gasteiger partial charge in [0.15, 0.2) is 5.34 Å². The van der Waals surface area contributed by atoms with E-state index in [-0.39, 0.29) is 0 Å². The van der Waals surface area contributed by atoms with Gasteiger partial charge in [0.25, 0.3) is 0 Å². The lowest BCUT2D eigenvalue weighted by Gasteiger charge is -2.04. The van der Waals surface area contributed by atoms with E-state index >= 15 is 0 Å². The van der Waals surface area contributed by atoms with Crippen LogP contribution in [0.1, 0.15) is 0 Å². The fourth-order valence-corrected chi connectivity index (χ4v) is 0.0902. The topological polar surface area (TPSA) is 85.0 Å². The molecule has 0 saturated heterocycles. The number of hydroxylamine groups is 2. The van der Waals surface area contributed by atoms with Crippen molar-refractivity contribution < 1.29 is 9.73 Å². The molecule has 0 unspecified atom stereocenters. The molecule has 8 heavy (non-hydrogen) atoms. The van der Waals surface area contributed by atoms with E-state index in [9.17, 15) is 9.70 Å². The van der Waals surface area contributed by atoms with E-state index in [1.54, 1.807) is 0 Å². The highest BCUT2D eigenvalue weighted by Gasteiger charge is 2.01. The van der Waals surface area contributed by atoms with Crippen LogP contribution in [0, 0.1) is 4.91 Å². The van der Waals surface area contributed by atoms with E-state index in [0.717, 1.165) is 0 Å².